The van der Waals surface area contributed by atoms with Gasteiger partial charge in [-0.05, 0) is 48.6 Å². The fourth-order valence-corrected chi connectivity index (χ4v) is 2.67. The van der Waals surface area contributed by atoms with Gasteiger partial charge in [0.05, 0.1) is 5.56 Å². The molecule has 0 spiro atoms. The van der Waals surface area contributed by atoms with E-state index in [1.165, 1.54) is 24.3 Å². The maximum Gasteiger partial charge on any atom is 0.416 e. The van der Waals surface area contributed by atoms with E-state index in [1.807, 2.05) is 30.3 Å². The number of thiocarbonyl (C=S) groups is 1. The van der Waals surface area contributed by atoms with Gasteiger partial charge in [0, 0.05) is 17.3 Å². The Balaban J connectivity index is 1.57. The lowest BCUT2D eigenvalue weighted by atomic mass is 10.2. The Morgan fingerprint density at radius 2 is 1.76 bits per heavy atom. The number of hydrogen-bond acceptors (Lipinski definition) is 3. The van der Waals surface area contributed by atoms with Gasteiger partial charge < -0.3 is 9.73 Å². The molecule has 0 saturated carbocycles. The number of furan rings is 1. The fraction of sp³-hybridized carbons (Fsp3) is 0.0476. The highest BCUT2D eigenvalue weighted by molar-refractivity contribution is 7.80. The van der Waals surface area contributed by atoms with Crippen molar-refractivity contribution >= 4 is 35.0 Å². The lowest BCUT2D eigenvalue weighted by Crippen LogP contribution is -2.32. The quantitative estimate of drug-likeness (QED) is 0.436. The second-order valence-electron chi connectivity index (χ2n) is 5.92. The van der Waals surface area contributed by atoms with Crippen LogP contribution in [0.3, 0.4) is 0 Å². The Kier molecular flexibility index (Phi) is 6.13. The zero-order valence-corrected chi connectivity index (χ0v) is 15.7. The van der Waals surface area contributed by atoms with Crippen LogP contribution in [0.4, 0.5) is 18.9 Å². The highest BCUT2D eigenvalue weighted by atomic mass is 32.1. The van der Waals surface area contributed by atoms with Crippen molar-refractivity contribution < 1.29 is 22.4 Å². The van der Waals surface area contributed by atoms with Gasteiger partial charge in [0.1, 0.15) is 11.5 Å². The second kappa shape index (κ2) is 8.74. The summed E-state index contributed by atoms with van der Waals surface area (Å²) in [6.07, 6.45) is -1.78. The fourth-order valence-electron chi connectivity index (χ4n) is 2.45. The summed E-state index contributed by atoms with van der Waals surface area (Å²) in [6.45, 7) is 0. The SMILES string of the molecule is O=C(/C=C/c1ccc(-c2ccccc2)o1)NC(=S)Nc1cccc(C(F)(F)F)c1. The van der Waals surface area contributed by atoms with E-state index in [-0.39, 0.29) is 10.8 Å². The van der Waals surface area contributed by atoms with Crippen LogP contribution in [-0.2, 0) is 11.0 Å². The third-order valence-corrected chi connectivity index (χ3v) is 3.97. The summed E-state index contributed by atoms with van der Waals surface area (Å²) in [5.74, 6) is 0.579. The van der Waals surface area contributed by atoms with Gasteiger partial charge >= 0.3 is 6.18 Å². The lowest BCUT2D eigenvalue weighted by Gasteiger charge is -2.11. The number of nitrogens with one attached hydrogen (secondary N) is 2. The Morgan fingerprint density at radius 3 is 2.48 bits per heavy atom. The van der Waals surface area contributed by atoms with Crippen LogP contribution >= 0.6 is 12.2 Å². The smallest absolute Gasteiger partial charge is 0.416 e. The van der Waals surface area contributed by atoms with Crippen LogP contribution in [0.25, 0.3) is 17.4 Å². The van der Waals surface area contributed by atoms with Crippen molar-refractivity contribution in [2.45, 2.75) is 6.18 Å². The molecule has 0 fully saturated rings. The van der Waals surface area contributed by atoms with Crippen LogP contribution < -0.4 is 10.6 Å². The highest BCUT2D eigenvalue weighted by Gasteiger charge is 2.30. The molecule has 2 aromatic carbocycles. The minimum atomic E-state index is -4.47. The zero-order valence-electron chi connectivity index (χ0n) is 14.9. The predicted molar refractivity (Wildman–Crippen MR) is 109 cm³/mol. The van der Waals surface area contributed by atoms with Crippen LogP contribution in [0, 0.1) is 0 Å². The van der Waals surface area contributed by atoms with Crippen molar-refractivity contribution in [2.75, 3.05) is 5.32 Å². The van der Waals surface area contributed by atoms with Crippen molar-refractivity contribution in [2.24, 2.45) is 0 Å². The minimum Gasteiger partial charge on any atom is -0.457 e. The van der Waals surface area contributed by atoms with Crippen LogP contribution in [-0.4, -0.2) is 11.0 Å². The molecular formula is C21H15F3N2O2S. The number of carbonyl (C=O) groups is 1. The molecule has 0 saturated heterocycles. The molecule has 29 heavy (non-hydrogen) atoms. The number of benzene rings is 2. The molecule has 3 rings (SSSR count). The predicted octanol–water partition coefficient (Wildman–Crippen LogP) is 5.49. The molecule has 8 heteroatoms. The first-order valence-corrected chi connectivity index (χ1v) is 8.85. The molecule has 1 aromatic heterocycles. The average Bonchev–Trinajstić information content (AvgIpc) is 3.16. The van der Waals surface area contributed by atoms with E-state index in [9.17, 15) is 18.0 Å². The van der Waals surface area contributed by atoms with Gasteiger partial charge in [-0.25, -0.2) is 0 Å². The maximum atomic E-state index is 12.7. The van der Waals surface area contributed by atoms with Gasteiger partial charge in [0.25, 0.3) is 0 Å². The molecule has 148 valence electrons. The first kappa shape index (κ1) is 20.3. The normalized spacial score (nSPS) is 11.4. The molecular weight excluding hydrogens is 401 g/mol. The zero-order chi connectivity index (χ0) is 20.9. The van der Waals surface area contributed by atoms with E-state index in [4.69, 9.17) is 16.6 Å². The van der Waals surface area contributed by atoms with E-state index in [1.54, 1.807) is 12.1 Å². The Bertz CT molecular complexity index is 1040. The molecule has 0 aliphatic rings. The van der Waals surface area contributed by atoms with E-state index in [0.29, 0.717) is 11.5 Å². The number of rotatable bonds is 4. The minimum absolute atomic E-state index is 0.118. The second-order valence-corrected chi connectivity index (χ2v) is 6.33. The van der Waals surface area contributed by atoms with Crippen molar-refractivity contribution in [3.63, 3.8) is 0 Å². The third-order valence-electron chi connectivity index (χ3n) is 3.77. The Labute approximate surface area is 170 Å². The maximum absolute atomic E-state index is 12.7. The van der Waals surface area contributed by atoms with Crippen molar-refractivity contribution in [3.05, 3.63) is 84.1 Å². The number of amides is 1. The summed E-state index contributed by atoms with van der Waals surface area (Å²) in [5.41, 5.74) is 0.208. The van der Waals surface area contributed by atoms with Crippen LogP contribution in [0.5, 0.6) is 0 Å². The Morgan fingerprint density at radius 1 is 1.00 bits per heavy atom. The molecule has 2 N–H and O–H groups in total. The number of hydrogen-bond donors (Lipinski definition) is 2. The number of anilines is 1. The molecule has 0 radical (unpaired) electrons. The first-order valence-electron chi connectivity index (χ1n) is 8.44. The lowest BCUT2D eigenvalue weighted by molar-refractivity contribution is -0.137. The van der Waals surface area contributed by atoms with Crippen molar-refractivity contribution in [3.8, 4) is 11.3 Å². The first-order chi connectivity index (χ1) is 13.8. The van der Waals surface area contributed by atoms with E-state index in [0.717, 1.165) is 17.7 Å². The summed E-state index contributed by atoms with van der Waals surface area (Å²) < 4.78 is 43.9. The third kappa shape index (κ3) is 5.79. The van der Waals surface area contributed by atoms with Gasteiger partial charge in [0.2, 0.25) is 5.91 Å². The molecule has 0 bridgehead atoms. The summed E-state index contributed by atoms with van der Waals surface area (Å²) in [4.78, 5) is 12.0. The van der Waals surface area contributed by atoms with Gasteiger partial charge in [-0.2, -0.15) is 13.2 Å². The molecule has 0 aliphatic heterocycles. The number of carbonyl (C=O) groups excluding carboxylic acids is 1. The summed E-state index contributed by atoms with van der Waals surface area (Å²) in [6, 6.07) is 17.5. The monoisotopic (exact) mass is 416 g/mol. The molecule has 1 heterocycles. The molecule has 0 aliphatic carbocycles. The van der Waals surface area contributed by atoms with Gasteiger partial charge in [-0.15, -0.1) is 0 Å². The summed E-state index contributed by atoms with van der Waals surface area (Å²) in [5, 5.41) is 4.80. The molecule has 3 aromatic rings. The van der Waals surface area contributed by atoms with Gasteiger partial charge in [0.15, 0.2) is 5.11 Å². The Hall–Kier alpha value is -3.39. The summed E-state index contributed by atoms with van der Waals surface area (Å²) >= 11 is 4.97. The molecule has 1 amide bonds. The molecule has 4 nitrogen and oxygen atoms in total. The highest BCUT2D eigenvalue weighted by Crippen LogP contribution is 2.30. The molecule has 0 atom stereocenters. The number of halogens is 3. The van der Waals surface area contributed by atoms with Crippen LogP contribution in [0.2, 0.25) is 0 Å². The van der Waals surface area contributed by atoms with Crippen LogP contribution in [0.1, 0.15) is 11.3 Å². The van der Waals surface area contributed by atoms with Crippen molar-refractivity contribution in [1.82, 2.24) is 5.32 Å². The molecule has 0 unspecified atom stereocenters. The number of alkyl halides is 3. The summed E-state index contributed by atoms with van der Waals surface area (Å²) in [7, 11) is 0. The largest absolute Gasteiger partial charge is 0.457 e. The van der Waals surface area contributed by atoms with Crippen LogP contribution in [0.15, 0.2) is 77.2 Å². The van der Waals surface area contributed by atoms with Crippen molar-refractivity contribution in [1.29, 1.82) is 0 Å². The standard InChI is InChI=1S/C21H15F3N2O2S/c22-21(23,24)15-7-4-8-16(13-15)25-20(29)26-19(27)12-10-17-9-11-18(28-17)14-5-2-1-3-6-14/h1-13H,(H2,25,26,27,29)/b12-10+. The topological polar surface area (TPSA) is 54.3 Å². The average molecular weight is 416 g/mol. The van der Waals surface area contributed by atoms with Gasteiger partial charge in [-0.1, -0.05) is 36.4 Å². The van der Waals surface area contributed by atoms with E-state index >= 15 is 0 Å². The van der Waals surface area contributed by atoms with Gasteiger partial charge in [-0.3, -0.25) is 10.1 Å². The van der Waals surface area contributed by atoms with E-state index in [2.05, 4.69) is 10.6 Å². The van der Waals surface area contributed by atoms with E-state index < -0.39 is 17.6 Å².